The first-order valence-corrected chi connectivity index (χ1v) is 7.63. The zero-order valence-electron chi connectivity index (χ0n) is 11.8. The molecule has 112 valence electrons. The monoisotopic (exact) mass is 309 g/mol. The molecule has 0 amide bonds. The maximum atomic E-state index is 12.4. The number of H-pyrrole nitrogens is 2. The number of rotatable bonds is 3. The lowest BCUT2D eigenvalue weighted by molar-refractivity contribution is 0.598. The van der Waals surface area contributed by atoms with Crippen LogP contribution in [0, 0.1) is 20.8 Å². The Hall–Kier alpha value is -2.35. The molecule has 0 aliphatic rings. The molecule has 21 heavy (non-hydrogen) atoms. The van der Waals surface area contributed by atoms with Crippen LogP contribution in [-0.4, -0.2) is 18.4 Å². The van der Waals surface area contributed by atoms with E-state index in [0.717, 1.165) is 11.1 Å². The third-order valence-corrected chi connectivity index (χ3v) is 4.71. The molecule has 1 heterocycles. The number of aromatic amines is 2. The van der Waals surface area contributed by atoms with Crippen molar-refractivity contribution in [2.24, 2.45) is 0 Å². The van der Waals surface area contributed by atoms with Crippen molar-refractivity contribution in [3.05, 3.63) is 55.9 Å². The predicted octanol–water partition coefficient (Wildman–Crippen LogP) is 0.789. The van der Waals surface area contributed by atoms with Crippen LogP contribution in [0.3, 0.4) is 0 Å². The minimum atomic E-state index is -4.09. The minimum absolute atomic E-state index is 0.0124. The lowest BCUT2D eigenvalue weighted by Crippen LogP contribution is -2.31. The second kappa shape index (κ2) is 5.21. The van der Waals surface area contributed by atoms with Crippen molar-refractivity contribution in [3.8, 4) is 0 Å². The van der Waals surface area contributed by atoms with Crippen LogP contribution in [0.4, 0.5) is 5.69 Å². The molecular weight excluding hydrogens is 294 g/mol. The molecule has 0 radical (unpaired) electrons. The minimum Gasteiger partial charge on any atom is -0.310 e. The predicted molar refractivity (Wildman–Crippen MR) is 79.1 cm³/mol. The van der Waals surface area contributed by atoms with Gasteiger partial charge in [0.05, 0.1) is 5.69 Å². The number of nitrogens with one attached hydrogen (secondary N) is 3. The van der Waals surface area contributed by atoms with Crippen LogP contribution in [0.1, 0.15) is 16.8 Å². The lowest BCUT2D eigenvalue weighted by atomic mass is 10.1. The van der Waals surface area contributed by atoms with Gasteiger partial charge in [0.15, 0.2) is 4.90 Å². The first kappa shape index (κ1) is 15.0. The van der Waals surface area contributed by atoms with Crippen molar-refractivity contribution >= 4 is 15.7 Å². The largest absolute Gasteiger partial charge is 0.325 e. The van der Waals surface area contributed by atoms with Crippen molar-refractivity contribution in [2.75, 3.05) is 4.72 Å². The van der Waals surface area contributed by atoms with Crippen molar-refractivity contribution in [2.45, 2.75) is 25.7 Å². The molecule has 2 aromatic rings. The average molecular weight is 309 g/mol. The Bertz CT molecular complexity index is 910. The van der Waals surface area contributed by atoms with E-state index in [2.05, 4.69) is 9.71 Å². The summed E-state index contributed by atoms with van der Waals surface area (Å²) in [5.41, 5.74) is 0.362. The SMILES string of the molecule is Cc1cccc(NS(=O)(=O)c2c(C)[nH]c(=O)[nH]c2=O)c1C. The topological polar surface area (TPSA) is 112 Å². The normalized spacial score (nSPS) is 11.4. The molecule has 1 aromatic carbocycles. The molecule has 0 aliphatic carbocycles. The molecular formula is C13H15N3O4S. The first-order valence-electron chi connectivity index (χ1n) is 6.14. The third-order valence-electron chi connectivity index (χ3n) is 3.19. The summed E-state index contributed by atoms with van der Waals surface area (Å²) in [4.78, 5) is 26.6. The number of sulfonamides is 1. The summed E-state index contributed by atoms with van der Waals surface area (Å²) in [5, 5.41) is 0. The average Bonchev–Trinajstić information content (AvgIpc) is 2.33. The lowest BCUT2D eigenvalue weighted by Gasteiger charge is -2.12. The fourth-order valence-electron chi connectivity index (χ4n) is 1.97. The van der Waals surface area contributed by atoms with Crippen LogP contribution in [0.25, 0.3) is 0 Å². The maximum Gasteiger partial charge on any atom is 0.325 e. The van der Waals surface area contributed by atoms with Gasteiger partial charge in [-0.05, 0) is 38.0 Å². The number of aryl methyl sites for hydroxylation is 2. The zero-order chi connectivity index (χ0) is 15.8. The Balaban J connectivity index is 2.57. The number of anilines is 1. The van der Waals surface area contributed by atoms with E-state index in [4.69, 9.17) is 0 Å². The summed E-state index contributed by atoms with van der Waals surface area (Å²) in [6, 6.07) is 5.17. The molecule has 0 atom stereocenters. The summed E-state index contributed by atoms with van der Waals surface area (Å²) in [6.07, 6.45) is 0. The molecule has 2 rings (SSSR count). The smallest absolute Gasteiger partial charge is 0.310 e. The van der Waals surface area contributed by atoms with Gasteiger partial charge in [-0.2, -0.15) is 0 Å². The first-order chi connectivity index (χ1) is 9.72. The summed E-state index contributed by atoms with van der Waals surface area (Å²) < 4.78 is 27.1. The van der Waals surface area contributed by atoms with Crippen LogP contribution in [0.5, 0.6) is 0 Å². The number of hydrogen-bond donors (Lipinski definition) is 3. The van der Waals surface area contributed by atoms with Gasteiger partial charge in [0.25, 0.3) is 15.6 Å². The Morgan fingerprint density at radius 3 is 2.33 bits per heavy atom. The highest BCUT2D eigenvalue weighted by atomic mass is 32.2. The summed E-state index contributed by atoms with van der Waals surface area (Å²) in [5.74, 6) is 0. The number of benzene rings is 1. The van der Waals surface area contributed by atoms with E-state index in [9.17, 15) is 18.0 Å². The molecule has 1 aromatic heterocycles. The maximum absolute atomic E-state index is 12.4. The highest BCUT2D eigenvalue weighted by Crippen LogP contribution is 2.21. The van der Waals surface area contributed by atoms with Crippen molar-refractivity contribution in [1.29, 1.82) is 0 Å². The summed E-state index contributed by atoms with van der Waals surface area (Å²) >= 11 is 0. The molecule has 0 unspecified atom stereocenters. The molecule has 0 spiro atoms. The van der Waals surface area contributed by atoms with Crippen molar-refractivity contribution in [3.63, 3.8) is 0 Å². The Morgan fingerprint density at radius 1 is 1.05 bits per heavy atom. The molecule has 8 heteroatoms. The van der Waals surface area contributed by atoms with Gasteiger partial charge in [-0.1, -0.05) is 12.1 Å². The molecule has 0 saturated heterocycles. The van der Waals surface area contributed by atoms with Gasteiger partial charge >= 0.3 is 5.69 Å². The van der Waals surface area contributed by atoms with Gasteiger partial charge in [0.2, 0.25) is 0 Å². The molecule has 0 aliphatic heterocycles. The standard InChI is InChI=1S/C13H15N3O4S/c1-7-5-4-6-10(8(7)2)16-21(19,20)11-9(3)14-13(18)15-12(11)17/h4-6,16H,1-3H3,(H2,14,15,17,18). The quantitative estimate of drug-likeness (QED) is 0.778. The summed E-state index contributed by atoms with van der Waals surface area (Å²) in [6.45, 7) is 4.98. The van der Waals surface area contributed by atoms with Crippen LogP contribution < -0.4 is 16.0 Å². The third kappa shape index (κ3) is 2.89. The van der Waals surface area contributed by atoms with Crippen molar-refractivity contribution in [1.82, 2.24) is 9.97 Å². The highest BCUT2D eigenvalue weighted by Gasteiger charge is 2.23. The van der Waals surface area contributed by atoms with E-state index in [1.807, 2.05) is 18.0 Å². The van der Waals surface area contributed by atoms with E-state index in [1.54, 1.807) is 19.1 Å². The zero-order valence-corrected chi connectivity index (χ0v) is 12.6. The van der Waals surface area contributed by atoms with Crippen LogP contribution in [0.15, 0.2) is 32.7 Å². The molecule has 0 bridgehead atoms. The fourth-order valence-corrected chi connectivity index (χ4v) is 3.33. The fraction of sp³-hybridized carbons (Fsp3) is 0.231. The van der Waals surface area contributed by atoms with E-state index in [0.29, 0.717) is 5.69 Å². The molecule has 0 saturated carbocycles. The van der Waals surface area contributed by atoms with Crippen molar-refractivity contribution < 1.29 is 8.42 Å². The Morgan fingerprint density at radius 2 is 1.71 bits per heavy atom. The van der Waals surface area contributed by atoms with E-state index in [1.165, 1.54) is 6.92 Å². The van der Waals surface area contributed by atoms with Gasteiger partial charge in [-0.3, -0.25) is 14.5 Å². The van der Waals surface area contributed by atoms with Gasteiger partial charge in [0.1, 0.15) is 0 Å². The number of hydrogen-bond acceptors (Lipinski definition) is 4. The molecule has 7 nitrogen and oxygen atoms in total. The summed E-state index contributed by atoms with van der Waals surface area (Å²) in [7, 11) is -4.09. The molecule has 3 N–H and O–H groups in total. The highest BCUT2D eigenvalue weighted by molar-refractivity contribution is 7.92. The van der Waals surface area contributed by atoms with Gasteiger partial charge in [0, 0.05) is 5.69 Å². The second-order valence-electron chi connectivity index (χ2n) is 4.72. The Labute approximate surface area is 121 Å². The van der Waals surface area contributed by atoms with Gasteiger partial charge < -0.3 is 4.98 Å². The van der Waals surface area contributed by atoms with Crippen LogP contribution >= 0.6 is 0 Å². The van der Waals surface area contributed by atoms with E-state index < -0.39 is 26.2 Å². The van der Waals surface area contributed by atoms with Crippen LogP contribution in [0.2, 0.25) is 0 Å². The molecule has 0 fully saturated rings. The van der Waals surface area contributed by atoms with E-state index >= 15 is 0 Å². The Kier molecular flexibility index (Phi) is 3.73. The van der Waals surface area contributed by atoms with Gasteiger partial charge in [-0.15, -0.1) is 0 Å². The van der Waals surface area contributed by atoms with E-state index in [-0.39, 0.29) is 5.69 Å². The second-order valence-corrected chi connectivity index (χ2v) is 6.33. The van der Waals surface area contributed by atoms with Gasteiger partial charge in [-0.25, -0.2) is 13.2 Å². The number of aromatic nitrogens is 2. The van der Waals surface area contributed by atoms with Crippen LogP contribution in [-0.2, 0) is 10.0 Å².